The number of nitrogens with zero attached hydrogens (tertiary/aromatic N) is 2. The highest BCUT2D eigenvalue weighted by Crippen LogP contribution is 2.39. The van der Waals surface area contributed by atoms with Gasteiger partial charge in [0.15, 0.2) is 0 Å². The quantitative estimate of drug-likeness (QED) is 0.612. The highest BCUT2D eigenvalue weighted by atomic mass is 35.5. The SMILES string of the molecule is CC(C)(C)C(=O)n1nc(C2(C)CCCCC2)cc1CCc1ccc(Cl)s1. The van der Waals surface area contributed by atoms with Crippen molar-refractivity contribution < 1.29 is 4.79 Å². The molecule has 2 heterocycles. The summed E-state index contributed by atoms with van der Waals surface area (Å²) in [6, 6.07) is 6.19. The maximum absolute atomic E-state index is 13.0. The minimum Gasteiger partial charge on any atom is -0.272 e. The standard InChI is InChI=1S/C21H29ClN2OS/c1-20(2,3)19(25)24-15(8-9-16-10-11-18(22)26-16)14-17(23-24)21(4)12-6-5-7-13-21/h10-11,14H,5-9,12-13H2,1-4H3. The summed E-state index contributed by atoms with van der Waals surface area (Å²) < 4.78 is 2.50. The van der Waals surface area contributed by atoms with E-state index in [2.05, 4.69) is 19.1 Å². The van der Waals surface area contributed by atoms with Crippen LogP contribution in [0.3, 0.4) is 0 Å². The number of aromatic nitrogens is 2. The second-order valence-corrected chi connectivity index (χ2v) is 10.6. The van der Waals surface area contributed by atoms with Crippen molar-refractivity contribution in [1.29, 1.82) is 0 Å². The number of hydrogen-bond acceptors (Lipinski definition) is 3. The van der Waals surface area contributed by atoms with Gasteiger partial charge >= 0.3 is 0 Å². The van der Waals surface area contributed by atoms with E-state index in [9.17, 15) is 4.79 Å². The molecule has 1 fully saturated rings. The van der Waals surface area contributed by atoms with Crippen molar-refractivity contribution in [2.45, 2.75) is 78.1 Å². The predicted molar refractivity (Wildman–Crippen MR) is 109 cm³/mol. The van der Waals surface area contributed by atoms with Crippen molar-refractivity contribution in [3.8, 4) is 0 Å². The minimum atomic E-state index is -0.447. The van der Waals surface area contributed by atoms with E-state index in [1.807, 2.05) is 26.8 Å². The maximum atomic E-state index is 13.0. The number of aryl methyl sites for hydroxylation is 2. The molecule has 1 aliphatic carbocycles. The first kappa shape index (κ1) is 19.6. The zero-order chi connectivity index (χ0) is 18.9. The molecule has 2 aromatic heterocycles. The average molecular weight is 393 g/mol. The van der Waals surface area contributed by atoms with Gasteiger partial charge in [0.2, 0.25) is 0 Å². The van der Waals surface area contributed by atoms with Crippen molar-refractivity contribution in [2.24, 2.45) is 5.41 Å². The lowest BCUT2D eigenvalue weighted by Crippen LogP contribution is -2.30. The summed E-state index contributed by atoms with van der Waals surface area (Å²) in [6.07, 6.45) is 7.82. The molecule has 5 heteroatoms. The van der Waals surface area contributed by atoms with E-state index in [1.54, 1.807) is 16.0 Å². The molecule has 26 heavy (non-hydrogen) atoms. The van der Waals surface area contributed by atoms with Gasteiger partial charge < -0.3 is 0 Å². The molecule has 0 bridgehead atoms. The zero-order valence-electron chi connectivity index (χ0n) is 16.3. The van der Waals surface area contributed by atoms with E-state index in [1.165, 1.54) is 24.1 Å². The minimum absolute atomic E-state index is 0.0716. The van der Waals surface area contributed by atoms with Gasteiger partial charge in [0.25, 0.3) is 5.91 Å². The Morgan fingerprint density at radius 1 is 1.23 bits per heavy atom. The summed E-state index contributed by atoms with van der Waals surface area (Å²) in [5, 5.41) is 4.83. The number of hydrogen-bond donors (Lipinski definition) is 0. The second-order valence-electron chi connectivity index (χ2n) is 8.82. The lowest BCUT2D eigenvalue weighted by Gasteiger charge is -2.31. The van der Waals surface area contributed by atoms with Gasteiger partial charge in [-0.25, -0.2) is 4.68 Å². The zero-order valence-corrected chi connectivity index (χ0v) is 17.8. The molecular formula is C21H29ClN2OS. The first-order valence-corrected chi connectivity index (χ1v) is 10.8. The number of halogens is 1. The Balaban J connectivity index is 1.90. The van der Waals surface area contributed by atoms with Gasteiger partial charge in [0.1, 0.15) is 0 Å². The first-order valence-electron chi connectivity index (χ1n) is 9.57. The van der Waals surface area contributed by atoms with Crippen LogP contribution < -0.4 is 0 Å². The summed E-state index contributed by atoms with van der Waals surface area (Å²) in [6.45, 7) is 8.19. The molecular weight excluding hydrogens is 364 g/mol. The van der Waals surface area contributed by atoms with Crippen LogP contribution in [-0.2, 0) is 18.3 Å². The predicted octanol–water partition coefficient (Wildman–Crippen LogP) is 6.29. The van der Waals surface area contributed by atoms with Gasteiger partial charge in [-0.2, -0.15) is 5.10 Å². The van der Waals surface area contributed by atoms with Gasteiger partial charge in [-0.3, -0.25) is 4.79 Å². The van der Waals surface area contributed by atoms with E-state index in [0.29, 0.717) is 0 Å². The van der Waals surface area contributed by atoms with E-state index in [0.717, 1.165) is 41.4 Å². The summed E-state index contributed by atoms with van der Waals surface area (Å²) in [5.74, 6) is 0.0716. The van der Waals surface area contributed by atoms with Gasteiger partial charge in [-0.05, 0) is 43.9 Å². The molecule has 1 aliphatic rings. The van der Waals surface area contributed by atoms with Gasteiger partial charge in [-0.1, -0.05) is 58.6 Å². The highest BCUT2D eigenvalue weighted by molar-refractivity contribution is 7.16. The molecule has 0 aliphatic heterocycles. The third-order valence-corrected chi connectivity index (χ3v) is 6.74. The Hall–Kier alpha value is -1.13. The third kappa shape index (κ3) is 4.23. The fourth-order valence-corrected chi connectivity index (χ4v) is 4.80. The molecule has 0 spiro atoms. The summed E-state index contributed by atoms with van der Waals surface area (Å²) >= 11 is 7.67. The number of thiophene rings is 1. The molecule has 0 unspecified atom stereocenters. The third-order valence-electron chi connectivity index (χ3n) is 5.45. The normalized spacial score (nSPS) is 17.4. The van der Waals surface area contributed by atoms with Crippen LogP contribution in [0, 0.1) is 5.41 Å². The summed E-state index contributed by atoms with van der Waals surface area (Å²) in [5.41, 5.74) is 1.77. The smallest absolute Gasteiger partial charge is 0.252 e. The fourth-order valence-electron chi connectivity index (χ4n) is 3.71. The number of rotatable bonds is 4. The fraction of sp³-hybridized carbons (Fsp3) is 0.619. The van der Waals surface area contributed by atoms with Crippen molar-refractivity contribution in [3.63, 3.8) is 0 Å². The van der Waals surface area contributed by atoms with Crippen LogP contribution >= 0.6 is 22.9 Å². The molecule has 0 radical (unpaired) electrons. The number of carbonyl (C=O) groups is 1. The Bertz CT molecular complexity index is 778. The van der Waals surface area contributed by atoms with E-state index < -0.39 is 5.41 Å². The summed E-state index contributed by atoms with van der Waals surface area (Å²) in [4.78, 5) is 14.2. The van der Waals surface area contributed by atoms with Crippen LogP contribution in [0.4, 0.5) is 0 Å². The number of carbonyl (C=O) groups excluding carboxylic acids is 1. The van der Waals surface area contributed by atoms with Crippen molar-refractivity contribution in [1.82, 2.24) is 9.78 Å². The van der Waals surface area contributed by atoms with Crippen molar-refractivity contribution >= 4 is 28.8 Å². The lowest BCUT2D eigenvalue weighted by molar-refractivity contribution is 0.0743. The lowest BCUT2D eigenvalue weighted by atomic mass is 9.73. The monoisotopic (exact) mass is 392 g/mol. The molecule has 0 saturated heterocycles. The Kier molecular flexibility index (Phi) is 5.64. The first-order chi connectivity index (χ1) is 12.2. The van der Waals surface area contributed by atoms with Crippen LogP contribution in [0.25, 0.3) is 0 Å². The molecule has 3 nitrogen and oxygen atoms in total. The molecule has 0 atom stereocenters. The summed E-state index contributed by atoms with van der Waals surface area (Å²) in [7, 11) is 0. The van der Waals surface area contributed by atoms with Gasteiger partial charge in [-0.15, -0.1) is 11.3 Å². The van der Waals surface area contributed by atoms with E-state index in [-0.39, 0.29) is 11.3 Å². The molecule has 2 aromatic rings. The Labute approximate surface area is 165 Å². The molecule has 1 saturated carbocycles. The Morgan fingerprint density at radius 3 is 2.50 bits per heavy atom. The Morgan fingerprint density at radius 2 is 1.92 bits per heavy atom. The van der Waals surface area contributed by atoms with Crippen LogP contribution in [-0.4, -0.2) is 15.7 Å². The second kappa shape index (κ2) is 7.47. The molecule has 0 aromatic carbocycles. The van der Waals surface area contributed by atoms with Crippen LogP contribution in [0.2, 0.25) is 4.34 Å². The largest absolute Gasteiger partial charge is 0.272 e. The van der Waals surface area contributed by atoms with Crippen molar-refractivity contribution in [2.75, 3.05) is 0 Å². The highest BCUT2D eigenvalue weighted by Gasteiger charge is 2.34. The topological polar surface area (TPSA) is 34.9 Å². The van der Waals surface area contributed by atoms with E-state index >= 15 is 0 Å². The van der Waals surface area contributed by atoms with Gasteiger partial charge in [0.05, 0.1) is 10.0 Å². The van der Waals surface area contributed by atoms with Crippen LogP contribution in [0.1, 0.15) is 80.9 Å². The average Bonchev–Trinajstić information content (AvgIpc) is 3.18. The molecule has 0 amide bonds. The van der Waals surface area contributed by atoms with Gasteiger partial charge in [0, 0.05) is 21.4 Å². The molecule has 142 valence electrons. The molecule has 3 rings (SSSR count). The van der Waals surface area contributed by atoms with Crippen LogP contribution in [0.15, 0.2) is 18.2 Å². The van der Waals surface area contributed by atoms with E-state index in [4.69, 9.17) is 16.7 Å². The maximum Gasteiger partial charge on any atom is 0.252 e. The molecule has 0 N–H and O–H groups in total. The van der Waals surface area contributed by atoms with Crippen molar-refractivity contribution in [3.05, 3.63) is 38.8 Å². The van der Waals surface area contributed by atoms with Crippen LogP contribution in [0.5, 0.6) is 0 Å².